The third-order valence-corrected chi connectivity index (χ3v) is 7.16. The van der Waals surface area contributed by atoms with E-state index in [1.807, 2.05) is 12.1 Å². The molecule has 2 aromatic heterocycles. The SMILES string of the molecule is Clc1cc(CSc2nnc(NCCc3cccs3)s2)cc2c1OCCCO2. The molecule has 1 aromatic carbocycles. The zero-order valence-corrected chi connectivity index (χ0v) is 17.6. The highest BCUT2D eigenvalue weighted by atomic mass is 35.5. The summed E-state index contributed by atoms with van der Waals surface area (Å²) >= 11 is 11.3. The van der Waals surface area contributed by atoms with Crippen LogP contribution in [0.2, 0.25) is 5.02 Å². The monoisotopic (exact) mass is 439 g/mol. The van der Waals surface area contributed by atoms with Gasteiger partial charge in [0.2, 0.25) is 5.13 Å². The van der Waals surface area contributed by atoms with Gasteiger partial charge in [0.15, 0.2) is 15.8 Å². The zero-order chi connectivity index (χ0) is 18.5. The molecule has 0 saturated heterocycles. The van der Waals surface area contributed by atoms with E-state index < -0.39 is 0 Å². The number of anilines is 1. The molecule has 0 fully saturated rings. The fourth-order valence-electron chi connectivity index (χ4n) is 2.60. The second-order valence-electron chi connectivity index (χ2n) is 5.87. The molecular weight excluding hydrogens is 422 g/mol. The molecule has 0 saturated carbocycles. The molecule has 0 atom stereocenters. The quantitative estimate of drug-likeness (QED) is 0.500. The lowest BCUT2D eigenvalue weighted by Gasteiger charge is -2.11. The van der Waals surface area contributed by atoms with Crippen LogP contribution >= 0.6 is 46.0 Å². The summed E-state index contributed by atoms with van der Waals surface area (Å²) in [5.41, 5.74) is 1.08. The molecule has 0 bridgehead atoms. The molecule has 0 unspecified atom stereocenters. The van der Waals surface area contributed by atoms with Crippen LogP contribution in [0, 0.1) is 0 Å². The summed E-state index contributed by atoms with van der Waals surface area (Å²) in [5, 5.41) is 15.4. The first-order chi connectivity index (χ1) is 13.3. The minimum Gasteiger partial charge on any atom is -0.489 e. The second kappa shape index (κ2) is 9.14. The molecule has 3 aromatic rings. The van der Waals surface area contributed by atoms with Crippen LogP contribution in [0.25, 0.3) is 0 Å². The number of rotatable bonds is 7. The molecule has 5 nitrogen and oxygen atoms in total. The van der Waals surface area contributed by atoms with E-state index in [0.717, 1.165) is 45.9 Å². The maximum absolute atomic E-state index is 6.36. The summed E-state index contributed by atoms with van der Waals surface area (Å²) in [7, 11) is 0. The Morgan fingerprint density at radius 2 is 2.15 bits per heavy atom. The van der Waals surface area contributed by atoms with E-state index in [0.29, 0.717) is 24.0 Å². The lowest BCUT2D eigenvalue weighted by Crippen LogP contribution is -2.03. The first-order valence-electron chi connectivity index (χ1n) is 8.58. The molecule has 3 heterocycles. The normalized spacial score (nSPS) is 13.4. The van der Waals surface area contributed by atoms with Gasteiger partial charge in [0.1, 0.15) is 0 Å². The van der Waals surface area contributed by atoms with Crippen LogP contribution in [0.15, 0.2) is 34.0 Å². The lowest BCUT2D eigenvalue weighted by atomic mass is 10.2. The van der Waals surface area contributed by atoms with Gasteiger partial charge in [0.05, 0.1) is 18.2 Å². The van der Waals surface area contributed by atoms with Crippen LogP contribution < -0.4 is 14.8 Å². The zero-order valence-electron chi connectivity index (χ0n) is 14.4. The Labute approximate surface area is 175 Å². The third kappa shape index (κ3) is 5.07. The maximum atomic E-state index is 6.36. The maximum Gasteiger partial charge on any atom is 0.206 e. The van der Waals surface area contributed by atoms with Gasteiger partial charge >= 0.3 is 0 Å². The van der Waals surface area contributed by atoms with Crippen LogP contribution in [-0.4, -0.2) is 30.0 Å². The van der Waals surface area contributed by atoms with Gasteiger partial charge in [-0.15, -0.1) is 21.5 Å². The van der Waals surface area contributed by atoms with E-state index >= 15 is 0 Å². The number of nitrogens with zero attached hydrogens (tertiary/aromatic N) is 2. The fraction of sp³-hybridized carbons (Fsp3) is 0.333. The number of ether oxygens (including phenoxy) is 2. The first kappa shape index (κ1) is 18.9. The van der Waals surface area contributed by atoms with E-state index in [1.165, 1.54) is 4.88 Å². The van der Waals surface area contributed by atoms with Crippen molar-refractivity contribution in [1.29, 1.82) is 0 Å². The molecule has 1 N–H and O–H groups in total. The number of hydrogen-bond acceptors (Lipinski definition) is 8. The standard InChI is InChI=1S/C18H18ClN3O2S3/c19-14-9-12(10-15-16(14)24-7-2-6-23-15)11-26-18-22-21-17(27-18)20-5-4-13-3-1-8-25-13/h1,3,8-10H,2,4-7,11H2,(H,20,21). The van der Waals surface area contributed by atoms with E-state index in [-0.39, 0.29) is 0 Å². The van der Waals surface area contributed by atoms with Crippen LogP contribution in [0.5, 0.6) is 11.5 Å². The molecule has 9 heteroatoms. The lowest BCUT2D eigenvalue weighted by molar-refractivity contribution is 0.297. The first-order valence-corrected chi connectivity index (χ1v) is 11.6. The molecular formula is C18H18ClN3O2S3. The molecule has 142 valence electrons. The largest absolute Gasteiger partial charge is 0.489 e. The molecule has 0 amide bonds. The fourth-order valence-corrected chi connectivity index (χ4v) is 5.30. The van der Waals surface area contributed by atoms with Crippen LogP contribution in [0.3, 0.4) is 0 Å². The van der Waals surface area contributed by atoms with Gasteiger partial charge in [-0.25, -0.2) is 0 Å². The average Bonchev–Trinajstić information content (AvgIpc) is 3.28. The van der Waals surface area contributed by atoms with Crippen molar-refractivity contribution in [3.05, 3.63) is 45.1 Å². The summed E-state index contributed by atoms with van der Waals surface area (Å²) < 4.78 is 12.3. The van der Waals surface area contributed by atoms with Crippen LogP contribution in [0.4, 0.5) is 5.13 Å². The summed E-state index contributed by atoms with van der Waals surface area (Å²) in [6.07, 6.45) is 1.86. The Kier molecular flexibility index (Phi) is 6.39. The minimum atomic E-state index is 0.596. The van der Waals surface area contributed by atoms with Crippen molar-refractivity contribution in [3.8, 4) is 11.5 Å². The Hall–Kier alpha value is -1.48. The highest BCUT2D eigenvalue weighted by molar-refractivity contribution is 8.00. The molecule has 0 aliphatic carbocycles. The number of benzene rings is 1. The van der Waals surface area contributed by atoms with E-state index in [4.69, 9.17) is 21.1 Å². The minimum absolute atomic E-state index is 0.596. The van der Waals surface area contributed by atoms with Gasteiger partial charge < -0.3 is 14.8 Å². The van der Waals surface area contributed by atoms with Crippen molar-refractivity contribution in [2.75, 3.05) is 25.1 Å². The predicted octanol–water partition coefficient (Wildman–Crippen LogP) is 5.36. The highest BCUT2D eigenvalue weighted by Gasteiger charge is 2.16. The molecule has 27 heavy (non-hydrogen) atoms. The molecule has 0 spiro atoms. The third-order valence-electron chi connectivity index (χ3n) is 3.86. The number of hydrogen-bond donors (Lipinski definition) is 1. The summed E-state index contributed by atoms with van der Waals surface area (Å²) in [4.78, 5) is 1.37. The second-order valence-corrected chi connectivity index (χ2v) is 9.51. The molecule has 0 radical (unpaired) electrons. The van der Waals surface area contributed by atoms with Gasteiger partial charge in [-0.05, 0) is 35.6 Å². The van der Waals surface area contributed by atoms with Crippen molar-refractivity contribution in [2.24, 2.45) is 0 Å². The van der Waals surface area contributed by atoms with Crippen molar-refractivity contribution >= 4 is 51.2 Å². The number of aromatic nitrogens is 2. The Bertz CT molecular complexity index is 886. The van der Waals surface area contributed by atoms with Gasteiger partial charge in [-0.2, -0.15) is 0 Å². The number of nitrogens with one attached hydrogen (secondary N) is 1. The van der Waals surface area contributed by atoms with Crippen molar-refractivity contribution in [2.45, 2.75) is 22.9 Å². The topological polar surface area (TPSA) is 56.3 Å². The van der Waals surface area contributed by atoms with E-state index in [2.05, 4.69) is 33.0 Å². The smallest absolute Gasteiger partial charge is 0.206 e. The Balaban J connectivity index is 1.32. The number of thioether (sulfide) groups is 1. The van der Waals surface area contributed by atoms with Gasteiger partial charge in [0, 0.05) is 23.6 Å². The molecule has 1 aliphatic heterocycles. The predicted molar refractivity (Wildman–Crippen MR) is 113 cm³/mol. The number of halogens is 1. The van der Waals surface area contributed by atoms with Crippen molar-refractivity contribution < 1.29 is 9.47 Å². The number of thiophene rings is 1. The summed E-state index contributed by atoms with van der Waals surface area (Å²) in [6.45, 7) is 2.14. The van der Waals surface area contributed by atoms with Crippen LogP contribution in [-0.2, 0) is 12.2 Å². The molecule has 1 aliphatic rings. The van der Waals surface area contributed by atoms with Crippen LogP contribution in [0.1, 0.15) is 16.9 Å². The van der Waals surface area contributed by atoms with E-state index in [9.17, 15) is 0 Å². The van der Waals surface area contributed by atoms with E-state index in [1.54, 1.807) is 34.4 Å². The average molecular weight is 440 g/mol. The summed E-state index contributed by atoms with van der Waals surface area (Å²) in [5.74, 6) is 2.13. The van der Waals surface area contributed by atoms with Gasteiger partial charge in [0.25, 0.3) is 0 Å². The van der Waals surface area contributed by atoms with Gasteiger partial charge in [-0.1, -0.05) is 40.8 Å². The summed E-state index contributed by atoms with van der Waals surface area (Å²) in [6, 6.07) is 8.16. The van der Waals surface area contributed by atoms with Crippen molar-refractivity contribution in [1.82, 2.24) is 10.2 Å². The Morgan fingerprint density at radius 3 is 3.04 bits per heavy atom. The molecule has 4 rings (SSSR count). The van der Waals surface area contributed by atoms with Crippen molar-refractivity contribution in [3.63, 3.8) is 0 Å². The highest BCUT2D eigenvalue weighted by Crippen LogP contribution is 2.39. The number of fused-ring (bicyclic) bond motifs is 1. The Morgan fingerprint density at radius 1 is 1.22 bits per heavy atom. The van der Waals surface area contributed by atoms with Gasteiger partial charge in [-0.3, -0.25) is 0 Å².